The molecule has 1 aromatic heterocycles. The Morgan fingerprint density at radius 2 is 2.05 bits per heavy atom. The molecule has 2 aromatic rings. The van der Waals surface area contributed by atoms with Gasteiger partial charge in [-0.2, -0.15) is 4.98 Å². The van der Waals surface area contributed by atoms with E-state index in [1.165, 1.54) is 31.4 Å². The summed E-state index contributed by atoms with van der Waals surface area (Å²) in [4.78, 5) is 4.19. The maximum atomic E-state index is 13.1. The first kappa shape index (κ1) is 16.9. The molecule has 1 aromatic carbocycles. The van der Waals surface area contributed by atoms with Gasteiger partial charge < -0.3 is 15.6 Å². The molecular formula is C15H20ClFN4O. The number of benzene rings is 1. The molecule has 1 fully saturated rings. The van der Waals surface area contributed by atoms with E-state index in [9.17, 15) is 4.39 Å². The van der Waals surface area contributed by atoms with Crippen LogP contribution in [-0.2, 0) is 13.1 Å². The van der Waals surface area contributed by atoms with Crippen molar-refractivity contribution in [3.63, 3.8) is 0 Å². The maximum absolute atomic E-state index is 13.1. The van der Waals surface area contributed by atoms with E-state index in [1.807, 2.05) is 12.1 Å². The summed E-state index contributed by atoms with van der Waals surface area (Å²) in [5.74, 6) is 1.41. The fraction of sp³-hybridized carbons (Fsp3) is 0.467. The summed E-state index contributed by atoms with van der Waals surface area (Å²) in [6.07, 6.45) is 3.63. The molecule has 7 heteroatoms. The van der Waals surface area contributed by atoms with Crippen molar-refractivity contribution in [2.45, 2.75) is 38.4 Å². The second-order valence-electron chi connectivity index (χ2n) is 5.41. The third kappa shape index (κ3) is 3.82. The second kappa shape index (κ2) is 7.67. The fourth-order valence-corrected chi connectivity index (χ4v) is 2.65. The summed E-state index contributed by atoms with van der Waals surface area (Å²) < 4.78 is 18.1. The molecule has 0 spiro atoms. The Kier molecular flexibility index (Phi) is 5.88. The van der Waals surface area contributed by atoms with Crippen LogP contribution < -0.4 is 11.1 Å². The first-order valence-corrected chi connectivity index (χ1v) is 7.26. The second-order valence-corrected chi connectivity index (χ2v) is 5.41. The number of halogens is 2. The molecule has 120 valence electrons. The number of rotatable bonds is 6. The smallest absolute Gasteiger partial charge is 0.240 e. The first-order valence-electron chi connectivity index (χ1n) is 7.26. The molecule has 1 aliphatic rings. The maximum Gasteiger partial charge on any atom is 0.240 e. The lowest BCUT2D eigenvalue weighted by atomic mass is 9.77. The van der Waals surface area contributed by atoms with E-state index >= 15 is 0 Å². The highest BCUT2D eigenvalue weighted by Gasteiger charge is 2.28. The lowest BCUT2D eigenvalue weighted by Crippen LogP contribution is -2.32. The molecule has 0 aliphatic heterocycles. The number of aromatic nitrogens is 2. The number of nitrogens with one attached hydrogen (secondary N) is 1. The molecule has 0 saturated heterocycles. The molecule has 1 heterocycles. The number of hydrogen-bond donors (Lipinski definition) is 2. The van der Waals surface area contributed by atoms with E-state index in [0.717, 1.165) is 5.56 Å². The lowest BCUT2D eigenvalue weighted by Gasteiger charge is -2.34. The molecule has 1 aliphatic carbocycles. The SMILES string of the molecule is Cl.NCc1nc(CNC(c2ccc(F)cc2)C2CCC2)no1. The van der Waals surface area contributed by atoms with E-state index in [1.54, 1.807) is 0 Å². The van der Waals surface area contributed by atoms with Crippen LogP contribution in [0.4, 0.5) is 4.39 Å². The molecule has 3 rings (SSSR count). The molecule has 0 amide bonds. The van der Waals surface area contributed by atoms with Crippen molar-refractivity contribution in [3.05, 3.63) is 47.4 Å². The zero-order chi connectivity index (χ0) is 14.7. The minimum absolute atomic E-state index is 0. The van der Waals surface area contributed by atoms with Crippen molar-refractivity contribution in [2.24, 2.45) is 11.7 Å². The Hall–Kier alpha value is -1.50. The van der Waals surface area contributed by atoms with Crippen LogP contribution in [0.3, 0.4) is 0 Å². The zero-order valence-corrected chi connectivity index (χ0v) is 13.0. The molecule has 0 bridgehead atoms. The van der Waals surface area contributed by atoms with E-state index in [0.29, 0.717) is 24.2 Å². The molecule has 22 heavy (non-hydrogen) atoms. The average molecular weight is 327 g/mol. The van der Waals surface area contributed by atoms with Crippen LogP contribution in [-0.4, -0.2) is 10.1 Å². The highest BCUT2D eigenvalue weighted by atomic mass is 35.5. The highest BCUT2D eigenvalue weighted by Crippen LogP contribution is 2.37. The van der Waals surface area contributed by atoms with E-state index < -0.39 is 0 Å². The topological polar surface area (TPSA) is 77.0 Å². The van der Waals surface area contributed by atoms with Gasteiger partial charge in [0, 0.05) is 6.04 Å². The van der Waals surface area contributed by atoms with Crippen molar-refractivity contribution < 1.29 is 8.91 Å². The standard InChI is InChI=1S/C15H19FN4O.ClH/c16-12-6-4-11(5-7-12)15(10-2-1-3-10)18-9-13-19-14(8-17)21-20-13;/h4-7,10,15,18H,1-3,8-9,17H2;1H. The van der Waals surface area contributed by atoms with Crippen LogP contribution in [0, 0.1) is 11.7 Å². The fourth-order valence-electron chi connectivity index (χ4n) is 2.65. The minimum Gasteiger partial charge on any atom is -0.338 e. The molecule has 1 unspecified atom stereocenters. The van der Waals surface area contributed by atoms with Crippen molar-refractivity contribution in [2.75, 3.05) is 0 Å². The van der Waals surface area contributed by atoms with Crippen LogP contribution in [0.25, 0.3) is 0 Å². The quantitative estimate of drug-likeness (QED) is 0.853. The Balaban J connectivity index is 0.00000176. The summed E-state index contributed by atoms with van der Waals surface area (Å²) in [6, 6.07) is 6.88. The van der Waals surface area contributed by atoms with Gasteiger partial charge in [0.25, 0.3) is 0 Å². The van der Waals surface area contributed by atoms with Crippen LogP contribution in [0.1, 0.15) is 42.6 Å². The van der Waals surface area contributed by atoms with Gasteiger partial charge in [0.2, 0.25) is 5.89 Å². The minimum atomic E-state index is -0.211. The summed E-state index contributed by atoms with van der Waals surface area (Å²) >= 11 is 0. The van der Waals surface area contributed by atoms with Gasteiger partial charge in [0.1, 0.15) is 5.82 Å². The van der Waals surface area contributed by atoms with E-state index in [-0.39, 0.29) is 30.8 Å². The van der Waals surface area contributed by atoms with Crippen molar-refractivity contribution >= 4 is 12.4 Å². The van der Waals surface area contributed by atoms with Crippen LogP contribution in [0.2, 0.25) is 0 Å². The predicted octanol–water partition coefficient (Wildman–Crippen LogP) is 2.72. The number of nitrogens with two attached hydrogens (primary N) is 1. The van der Waals surface area contributed by atoms with Gasteiger partial charge in [-0.3, -0.25) is 0 Å². The number of hydrogen-bond acceptors (Lipinski definition) is 5. The van der Waals surface area contributed by atoms with Gasteiger partial charge in [-0.1, -0.05) is 23.7 Å². The normalized spacial score (nSPS) is 15.9. The largest absolute Gasteiger partial charge is 0.338 e. The summed E-state index contributed by atoms with van der Waals surface area (Å²) in [5, 5.41) is 7.34. The Morgan fingerprint density at radius 1 is 1.32 bits per heavy atom. The lowest BCUT2D eigenvalue weighted by molar-refractivity contribution is 0.227. The van der Waals surface area contributed by atoms with Gasteiger partial charge in [0.05, 0.1) is 13.1 Å². The van der Waals surface area contributed by atoms with Gasteiger partial charge >= 0.3 is 0 Å². The summed E-state index contributed by atoms with van der Waals surface area (Å²) in [7, 11) is 0. The van der Waals surface area contributed by atoms with Crippen molar-refractivity contribution in [1.29, 1.82) is 0 Å². The van der Waals surface area contributed by atoms with Crippen LogP contribution >= 0.6 is 12.4 Å². The number of nitrogens with zero attached hydrogens (tertiary/aromatic N) is 2. The van der Waals surface area contributed by atoms with Gasteiger partial charge in [-0.05, 0) is 36.5 Å². The first-order chi connectivity index (χ1) is 10.3. The van der Waals surface area contributed by atoms with Gasteiger partial charge in [-0.15, -0.1) is 12.4 Å². The molecule has 3 N–H and O–H groups in total. The van der Waals surface area contributed by atoms with E-state index in [2.05, 4.69) is 15.5 Å². The van der Waals surface area contributed by atoms with Crippen LogP contribution in [0.5, 0.6) is 0 Å². The summed E-state index contributed by atoms with van der Waals surface area (Å²) in [6.45, 7) is 0.763. The molecule has 0 radical (unpaired) electrons. The van der Waals surface area contributed by atoms with Gasteiger partial charge in [-0.25, -0.2) is 4.39 Å². The third-order valence-electron chi connectivity index (χ3n) is 4.02. The molecular weight excluding hydrogens is 307 g/mol. The molecule has 1 saturated carbocycles. The Labute approximate surface area is 134 Å². The average Bonchev–Trinajstić information content (AvgIpc) is 2.90. The monoisotopic (exact) mass is 326 g/mol. The Bertz CT molecular complexity index is 585. The molecule has 5 nitrogen and oxygen atoms in total. The third-order valence-corrected chi connectivity index (χ3v) is 4.02. The van der Waals surface area contributed by atoms with E-state index in [4.69, 9.17) is 10.3 Å². The van der Waals surface area contributed by atoms with Crippen LogP contribution in [0.15, 0.2) is 28.8 Å². The van der Waals surface area contributed by atoms with Crippen molar-refractivity contribution in [3.8, 4) is 0 Å². The molecule has 1 atom stereocenters. The highest BCUT2D eigenvalue weighted by molar-refractivity contribution is 5.85. The Morgan fingerprint density at radius 3 is 2.59 bits per heavy atom. The summed E-state index contributed by atoms with van der Waals surface area (Å²) in [5.41, 5.74) is 6.55. The zero-order valence-electron chi connectivity index (χ0n) is 12.2. The van der Waals surface area contributed by atoms with Gasteiger partial charge in [0.15, 0.2) is 5.82 Å². The van der Waals surface area contributed by atoms with Crippen molar-refractivity contribution in [1.82, 2.24) is 15.5 Å². The predicted molar refractivity (Wildman–Crippen MR) is 82.8 cm³/mol.